The fourth-order valence-corrected chi connectivity index (χ4v) is 12.7. The molecule has 54 heavy (non-hydrogen) atoms. The summed E-state index contributed by atoms with van der Waals surface area (Å²) < 4.78 is 19.4. The monoisotopic (exact) mass is 783 g/mol. The Balaban J connectivity index is 0.000000591. The quantitative estimate of drug-likeness (QED) is 0.0307. The Bertz CT molecular complexity index is 920. The molecule has 0 unspecified atom stereocenters. The Morgan fingerprint density at radius 2 is 0.722 bits per heavy atom. The van der Waals surface area contributed by atoms with Crippen molar-refractivity contribution in [2.24, 2.45) is 5.92 Å². The molecule has 0 bridgehead atoms. The van der Waals surface area contributed by atoms with Crippen LogP contribution in [0.1, 0.15) is 227 Å². The van der Waals surface area contributed by atoms with Gasteiger partial charge in [-0.05, 0) is 70.6 Å². The zero-order valence-corrected chi connectivity index (χ0v) is 36.8. The Kier molecular flexibility index (Phi) is 30.3. The second-order valence-corrected chi connectivity index (χ2v) is 20.8. The third kappa shape index (κ3) is 23.4. The Morgan fingerprint density at radius 1 is 0.426 bits per heavy atom. The van der Waals surface area contributed by atoms with Crippen LogP contribution in [-0.4, -0.2) is 55.5 Å². The van der Waals surface area contributed by atoms with E-state index in [4.69, 9.17) is 18.6 Å². The van der Waals surface area contributed by atoms with E-state index in [0.29, 0.717) is 19.3 Å². The van der Waals surface area contributed by atoms with Crippen molar-refractivity contribution in [3.63, 3.8) is 0 Å². The molecular weight excluding hydrogens is 698 g/mol. The van der Waals surface area contributed by atoms with Crippen molar-refractivity contribution in [2.75, 3.05) is 24.6 Å². The summed E-state index contributed by atoms with van der Waals surface area (Å²) >= 11 is 0. The predicted octanol–water partition coefficient (Wildman–Crippen LogP) is 13.0. The van der Waals surface area contributed by atoms with Crippen molar-refractivity contribution < 1.29 is 37.8 Å². The van der Waals surface area contributed by atoms with E-state index in [2.05, 4.69) is 27.7 Å². The van der Waals surface area contributed by atoms with E-state index in [1.807, 2.05) is 0 Å². The SMILES string of the molecule is CCCC1C(=O)O[B-]2(OC(=O)CCCCC(=O)O2)OC1=O.CCCCCCCCCCCCCC[P+](CCCCCC)(CCCCCC)CCCCCC. The van der Waals surface area contributed by atoms with Crippen molar-refractivity contribution in [3.8, 4) is 0 Å². The molecule has 0 aromatic rings. The van der Waals surface area contributed by atoms with Gasteiger partial charge in [0.25, 0.3) is 23.9 Å². The summed E-state index contributed by atoms with van der Waals surface area (Å²) in [5.74, 6) is -4.41. The second-order valence-electron chi connectivity index (χ2n) is 16.3. The zero-order valence-electron chi connectivity index (χ0n) is 35.9. The normalized spacial score (nSPS) is 16.4. The van der Waals surface area contributed by atoms with Crippen LogP contribution in [0.25, 0.3) is 0 Å². The number of carbonyl (C=O) groups excluding carboxylic acids is 4. The topological polar surface area (TPSA) is 105 Å². The molecule has 1 spiro atoms. The number of hydrogen-bond donors (Lipinski definition) is 0. The van der Waals surface area contributed by atoms with E-state index in [1.54, 1.807) is 57.3 Å². The molecule has 0 amide bonds. The molecule has 8 nitrogen and oxygen atoms in total. The van der Waals surface area contributed by atoms with Gasteiger partial charge < -0.3 is 18.6 Å². The molecule has 0 saturated carbocycles. The number of hydrogen-bond acceptors (Lipinski definition) is 8. The number of unbranched alkanes of at least 4 members (excludes halogenated alkanes) is 20. The van der Waals surface area contributed by atoms with Crippen molar-refractivity contribution in [2.45, 2.75) is 227 Å². The van der Waals surface area contributed by atoms with E-state index in [1.165, 1.54) is 128 Å². The fraction of sp³-hybridized carbons (Fsp3) is 0.909. The van der Waals surface area contributed by atoms with Gasteiger partial charge in [-0.3, -0.25) is 19.2 Å². The van der Waals surface area contributed by atoms with Crippen LogP contribution in [0.15, 0.2) is 0 Å². The van der Waals surface area contributed by atoms with Crippen molar-refractivity contribution in [1.29, 1.82) is 0 Å². The van der Waals surface area contributed by atoms with E-state index in [0.717, 1.165) is 0 Å². The van der Waals surface area contributed by atoms with Crippen molar-refractivity contribution in [3.05, 3.63) is 0 Å². The van der Waals surface area contributed by atoms with Crippen LogP contribution in [0.2, 0.25) is 0 Å². The third-order valence-corrected chi connectivity index (χ3v) is 16.2. The highest BCUT2D eigenvalue weighted by Crippen LogP contribution is 2.61. The molecule has 0 atom stereocenters. The summed E-state index contributed by atoms with van der Waals surface area (Å²) in [6, 6.07) is 0. The summed E-state index contributed by atoms with van der Waals surface area (Å²) in [5.41, 5.74) is 0. The van der Waals surface area contributed by atoms with Crippen molar-refractivity contribution >= 4 is 38.1 Å². The molecule has 10 heteroatoms. The van der Waals surface area contributed by atoms with E-state index in [9.17, 15) is 19.2 Å². The molecule has 2 rings (SSSR count). The summed E-state index contributed by atoms with van der Waals surface area (Å²) in [7, 11) is -0.697. The largest absolute Gasteiger partial charge is 0.784 e. The lowest BCUT2D eigenvalue weighted by molar-refractivity contribution is -0.177. The van der Waals surface area contributed by atoms with Crippen LogP contribution < -0.4 is 0 Å². The fourth-order valence-electron chi connectivity index (χ4n) is 7.77. The maximum absolute atomic E-state index is 11.9. The van der Waals surface area contributed by atoms with Gasteiger partial charge in [-0.25, -0.2) is 0 Å². The van der Waals surface area contributed by atoms with Crippen LogP contribution in [0.4, 0.5) is 0 Å². The first kappa shape index (κ1) is 50.4. The van der Waals surface area contributed by atoms with Crippen LogP contribution in [0, 0.1) is 5.92 Å². The van der Waals surface area contributed by atoms with Gasteiger partial charge in [0.2, 0.25) is 0 Å². The lowest BCUT2D eigenvalue weighted by Gasteiger charge is -2.42. The second kappa shape index (κ2) is 32.5. The molecule has 2 heterocycles. The summed E-state index contributed by atoms with van der Waals surface area (Å²) in [4.78, 5) is 47.0. The Morgan fingerprint density at radius 3 is 1.04 bits per heavy atom. The molecule has 0 radical (unpaired) electrons. The lowest BCUT2D eigenvalue weighted by Crippen LogP contribution is -2.59. The maximum Gasteiger partial charge on any atom is 0.784 e. The molecule has 2 aliphatic heterocycles. The summed E-state index contributed by atoms with van der Waals surface area (Å²) in [6.45, 7) is 7.73. The standard InChI is InChI=1S/C32H68P.C12H16BO8/c1-5-9-13-17-18-19-20-21-22-23-24-28-32-33(29-25-14-10-6-2,30-26-15-11-7-3)31-27-16-12-8-4;1-2-5-8-11(16)20-13(21-12(8)17)18-9(14)6-3-4-7-10(15)19-13/h5-32H2,1-4H3;8H,2-7H2,1H3/q+1;-1. The van der Waals surface area contributed by atoms with E-state index in [-0.39, 0.29) is 19.3 Å². The Hall–Kier alpha value is -1.63. The minimum absolute atomic E-state index is 0.0215. The highest BCUT2D eigenvalue weighted by atomic mass is 31.2. The van der Waals surface area contributed by atoms with Crippen LogP contribution >= 0.6 is 7.26 Å². The van der Waals surface area contributed by atoms with Gasteiger partial charge in [-0.1, -0.05) is 144 Å². The number of carbonyl (C=O) groups is 4. The van der Waals surface area contributed by atoms with Gasteiger partial charge in [0.1, 0.15) is 5.92 Å². The minimum Gasteiger partial charge on any atom is -0.585 e. The predicted molar refractivity (Wildman–Crippen MR) is 227 cm³/mol. The van der Waals surface area contributed by atoms with Gasteiger partial charge in [0.05, 0.1) is 24.6 Å². The average molecular weight is 783 g/mol. The first-order chi connectivity index (χ1) is 26.2. The first-order valence-corrected chi connectivity index (χ1v) is 25.6. The van der Waals surface area contributed by atoms with Crippen LogP contribution in [-0.2, 0) is 37.8 Å². The summed E-state index contributed by atoms with van der Waals surface area (Å²) in [6.07, 6.45) is 43.8. The van der Waals surface area contributed by atoms with Gasteiger partial charge in [0, 0.05) is 20.1 Å². The molecule has 316 valence electrons. The van der Waals surface area contributed by atoms with Gasteiger partial charge in [0.15, 0.2) is 0 Å². The minimum atomic E-state index is -3.47. The lowest BCUT2D eigenvalue weighted by atomic mass is 9.95. The van der Waals surface area contributed by atoms with E-state index >= 15 is 0 Å². The zero-order chi connectivity index (χ0) is 39.8. The molecule has 2 aliphatic rings. The smallest absolute Gasteiger partial charge is 0.585 e. The molecule has 0 aromatic carbocycles. The molecular formula is C44H84BO8P. The van der Waals surface area contributed by atoms with Crippen molar-refractivity contribution in [1.82, 2.24) is 0 Å². The Labute approximate surface area is 332 Å². The highest BCUT2D eigenvalue weighted by molar-refractivity contribution is 7.75. The number of rotatable bonds is 30. The molecule has 2 fully saturated rings. The molecule has 0 N–H and O–H groups in total. The third-order valence-electron chi connectivity index (χ3n) is 11.2. The summed E-state index contributed by atoms with van der Waals surface area (Å²) in [5, 5.41) is 0. The van der Waals surface area contributed by atoms with Crippen LogP contribution in [0.5, 0.6) is 0 Å². The highest BCUT2D eigenvalue weighted by Gasteiger charge is 2.54. The molecule has 2 saturated heterocycles. The van der Waals surface area contributed by atoms with Gasteiger partial charge >= 0.3 is 6.96 Å². The molecule has 0 aromatic heterocycles. The van der Waals surface area contributed by atoms with Gasteiger partial charge in [-0.15, -0.1) is 0 Å². The average Bonchev–Trinajstić information content (AvgIpc) is 3.20. The first-order valence-electron chi connectivity index (χ1n) is 23.1. The van der Waals surface area contributed by atoms with Crippen LogP contribution in [0.3, 0.4) is 0 Å². The maximum atomic E-state index is 11.9. The molecule has 0 aliphatic carbocycles. The van der Waals surface area contributed by atoms with E-state index < -0.39 is 44.0 Å². The van der Waals surface area contributed by atoms with Gasteiger partial charge in [-0.2, -0.15) is 0 Å².